The number of fused-ring (bicyclic) bond motifs is 1. The van der Waals surface area contributed by atoms with Crippen LogP contribution in [-0.2, 0) is 4.74 Å². The zero-order chi connectivity index (χ0) is 22.5. The summed E-state index contributed by atoms with van der Waals surface area (Å²) < 4.78 is 34.1. The summed E-state index contributed by atoms with van der Waals surface area (Å²) in [6, 6.07) is 1.17. The molecule has 1 saturated carbocycles. The second-order valence-electron chi connectivity index (χ2n) is 8.47. The maximum absolute atomic E-state index is 14.6. The summed E-state index contributed by atoms with van der Waals surface area (Å²) in [7, 11) is 0. The minimum atomic E-state index is -0.588. The molecule has 2 fully saturated rings. The van der Waals surface area contributed by atoms with Gasteiger partial charge in [-0.15, -0.1) is 0 Å². The average Bonchev–Trinajstić information content (AvgIpc) is 3.28. The molecule has 1 saturated heterocycles. The Balaban J connectivity index is 1.41. The van der Waals surface area contributed by atoms with Crippen LogP contribution >= 0.6 is 0 Å². The molecule has 3 aromatic heterocycles. The van der Waals surface area contributed by atoms with E-state index in [4.69, 9.17) is 4.74 Å². The molecule has 3 atom stereocenters. The molecule has 168 valence electrons. The van der Waals surface area contributed by atoms with Crippen molar-refractivity contribution < 1.29 is 18.3 Å². The van der Waals surface area contributed by atoms with Gasteiger partial charge in [-0.25, -0.2) is 28.5 Å². The van der Waals surface area contributed by atoms with Gasteiger partial charge in [-0.1, -0.05) is 0 Å². The van der Waals surface area contributed by atoms with E-state index in [2.05, 4.69) is 25.3 Å². The van der Waals surface area contributed by atoms with Crippen LogP contribution < -0.4 is 5.32 Å². The zero-order valence-electron chi connectivity index (χ0n) is 17.9. The number of carbonyl (C=O) groups excluding carboxylic acids is 1. The van der Waals surface area contributed by atoms with Crippen molar-refractivity contribution in [1.29, 1.82) is 0 Å². The predicted octanol–water partition coefficient (Wildman–Crippen LogP) is 4.25. The fraction of sp³-hybridized carbons (Fsp3) is 0.455. The highest BCUT2D eigenvalue weighted by atomic mass is 19.1. The van der Waals surface area contributed by atoms with Crippen molar-refractivity contribution in [2.75, 3.05) is 11.9 Å². The maximum Gasteiger partial charge on any atom is 0.410 e. The van der Waals surface area contributed by atoms with Crippen molar-refractivity contribution in [2.45, 2.75) is 57.2 Å². The number of pyridine rings is 1. The van der Waals surface area contributed by atoms with Crippen LogP contribution in [0.4, 0.5) is 19.4 Å². The van der Waals surface area contributed by atoms with Crippen LogP contribution in [-0.4, -0.2) is 55.2 Å². The lowest BCUT2D eigenvalue weighted by atomic mass is 9.77. The van der Waals surface area contributed by atoms with E-state index in [1.165, 1.54) is 6.07 Å². The van der Waals surface area contributed by atoms with Gasteiger partial charge in [-0.05, 0) is 39.2 Å². The number of likely N-dealkylation sites (N-methyl/N-ethyl adjacent to an activating group) is 1. The number of nitrogens with zero attached hydrogens (tertiary/aromatic N) is 4. The molecule has 8 nitrogen and oxygen atoms in total. The number of nitrogens with one attached hydrogen (secondary N) is 2. The average molecular weight is 442 g/mol. The number of halogens is 2. The number of aromatic nitrogens is 4. The minimum absolute atomic E-state index is 0.0518. The lowest BCUT2D eigenvalue weighted by Crippen LogP contribution is -2.49. The number of rotatable bonds is 4. The van der Waals surface area contributed by atoms with Gasteiger partial charge in [0.2, 0.25) is 0 Å². The van der Waals surface area contributed by atoms with E-state index < -0.39 is 17.2 Å². The number of hydrogen-bond acceptors (Lipinski definition) is 6. The normalized spacial score (nSPS) is 25.5. The Bertz CT molecular complexity index is 1180. The Morgan fingerprint density at radius 3 is 2.97 bits per heavy atom. The van der Waals surface area contributed by atoms with Crippen LogP contribution in [0.3, 0.4) is 0 Å². The van der Waals surface area contributed by atoms with Gasteiger partial charge in [0.05, 0.1) is 18.4 Å². The van der Waals surface area contributed by atoms with Gasteiger partial charge in [0.1, 0.15) is 17.1 Å². The first kappa shape index (κ1) is 20.6. The Morgan fingerprint density at radius 2 is 2.19 bits per heavy atom. The first-order valence-electron chi connectivity index (χ1n) is 10.8. The van der Waals surface area contributed by atoms with Crippen molar-refractivity contribution in [1.82, 2.24) is 24.8 Å². The summed E-state index contributed by atoms with van der Waals surface area (Å²) in [5.74, 6) is -0.729. The molecule has 1 amide bonds. The fourth-order valence-electron chi connectivity index (χ4n) is 4.98. The van der Waals surface area contributed by atoms with Crippen LogP contribution in [0, 0.1) is 11.6 Å². The molecule has 5 rings (SSSR count). The number of amides is 1. The molecule has 0 aromatic carbocycles. The van der Waals surface area contributed by atoms with Crippen molar-refractivity contribution in [3.05, 3.63) is 36.3 Å². The molecule has 2 aliphatic rings. The third kappa shape index (κ3) is 3.34. The SMILES string of the molecule is CCN1C(=O)O[C@]2(CCC[C@H](Nc3nc(-c4c[nH]c5ncc(F)cc45)ncc3F)C2)[C@@H]1C. The van der Waals surface area contributed by atoms with E-state index in [9.17, 15) is 13.6 Å². The van der Waals surface area contributed by atoms with Crippen molar-refractivity contribution >= 4 is 22.9 Å². The Morgan fingerprint density at radius 1 is 1.34 bits per heavy atom. The summed E-state index contributed by atoms with van der Waals surface area (Å²) in [6.45, 7) is 4.52. The van der Waals surface area contributed by atoms with Crippen LogP contribution in [0.5, 0.6) is 0 Å². The number of H-pyrrole nitrogens is 1. The summed E-state index contributed by atoms with van der Waals surface area (Å²) in [5.41, 5.74) is 0.442. The molecule has 1 aliphatic carbocycles. The Kier molecular flexibility index (Phi) is 4.94. The number of ether oxygens (including phenoxy) is 1. The lowest BCUT2D eigenvalue weighted by molar-refractivity contribution is 0.00222. The monoisotopic (exact) mass is 442 g/mol. The minimum Gasteiger partial charge on any atom is -0.441 e. The van der Waals surface area contributed by atoms with Crippen molar-refractivity contribution in [3.8, 4) is 11.4 Å². The number of anilines is 1. The van der Waals surface area contributed by atoms with Crippen LogP contribution in [0.1, 0.15) is 39.5 Å². The standard InChI is InChI=1S/C22H24F2N6O2/c1-3-30-12(2)22(32-21(30)31)6-4-5-14(8-22)28-20-17(24)11-27-19(29-20)16-10-26-18-15(16)7-13(23)9-25-18/h7,9-12,14H,3-6,8H2,1-2H3,(H,25,26)(H,27,28,29)/t12-,14-,22-/m0/s1. The first-order chi connectivity index (χ1) is 15.4. The molecule has 3 aromatic rings. The van der Waals surface area contributed by atoms with Gasteiger partial charge in [-0.3, -0.25) is 0 Å². The summed E-state index contributed by atoms with van der Waals surface area (Å²) in [6.07, 6.45) is 6.55. The zero-order valence-corrected chi connectivity index (χ0v) is 17.9. The van der Waals surface area contributed by atoms with E-state index in [0.29, 0.717) is 29.6 Å². The molecule has 0 bridgehead atoms. The van der Waals surface area contributed by atoms with Gasteiger partial charge in [-0.2, -0.15) is 0 Å². The third-order valence-electron chi connectivity index (χ3n) is 6.66. The van der Waals surface area contributed by atoms with Crippen LogP contribution in [0.2, 0.25) is 0 Å². The molecule has 0 radical (unpaired) electrons. The van der Waals surface area contributed by atoms with Crippen LogP contribution in [0.15, 0.2) is 24.7 Å². The molecule has 1 aliphatic heterocycles. The number of aromatic amines is 1. The molecule has 1 spiro atoms. The highest BCUT2D eigenvalue weighted by molar-refractivity contribution is 5.91. The second-order valence-corrected chi connectivity index (χ2v) is 8.47. The lowest BCUT2D eigenvalue weighted by Gasteiger charge is -2.39. The number of hydrogen-bond donors (Lipinski definition) is 2. The summed E-state index contributed by atoms with van der Waals surface area (Å²) >= 11 is 0. The smallest absolute Gasteiger partial charge is 0.410 e. The highest BCUT2D eigenvalue weighted by Gasteiger charge is 2.53. The van der Waals surface area contributed by atoms with Crippen molar-refractivity contribution in [2.24, 2.45) is 0 Å². The molecule has 10 heteroatoms. The van der Waals surface area contributed by atoms with E-state index in [1.807, 2.05) is 13.8 Å². The second kappa shape index (κ2) is 7.68. The quantitative estimate of drug-likeness (QED) is 0.627. The molecule has 2 N–H and O–H groups in total. The van der Waals surface area contributed by atoms with E-state index in [1.54, 1.807) is 11.1 Å². The Hall–Kier alpha value is -3.30. The van der Waals surface area contributed by atoms with Gasteiger partial charge in [0.25, 0.3) is 0 Å². The highest BCUT2D eigenvalue weighted by Crippen LogP contribution is 2.42. The predicted molar refractivity (Wildman–Crippen MR) is 114 cm³/mol. The molecule has 4 heterocycles. The topological polar surface area (TPSA) is 96.0 Å². The first-order valence-corrected chi connectivity index (χ1v) is 10.8. The van der Waals surface area contributed by atoms with Gasteiger partial charge < -0.3 is 19.9 Å². The fourth-order valence-corrected chi connectivity index (χ4v) is 4.98. The molecule has 32 heavy (non-hydrogen) atoms. The van der Waals surface area contributed by atoms with Gasteiger partial charge in [0, 0.05) is 36.2 Å². The van der Waals surface area contributed by atoms with Crippen LogP contribution in [0.25, 0.3) is 22.4 Å². The van der Waals surface area contributed by atoms with Gasteiger partial charge in [0.15, 0.2) is 17.5 Å². The van der Waals surface area contributed by atoms with E-state index in [-0.39, 0.29) is 29.8 Å². The third-order valence-corrected chi connectivity index (χ3v) is 6.66. The molecular formula is C22H24F2N6O2. The summed E-state index contributed by atoms with van der Waals surface area (Å²) in [4.78, 5) is 29.5. The summed E-state index contributed by atoms with van der Waals surface area (Å²) in [5, 5.41) is 3.71. The molecule has 0 unspecified atom stereocenters. The van der Waals surface area contributed by atoms with E-state index in [0.717, 1.165) is 31.7 Å². The van der Waals surface area contributed by atoms with Crippen molar-refractivity contribution in [3.63, 3.8) is 0 Å². The Labute approximate surface area is 183 Å². The molecular weight excluding hydrogens is 418 g/mol. The largest absolute Gasteiger partial charge is 0.441 e. The number of carbonyl (C=O) groups is 1. The maximum atomic E-state index is 14.6. The van der Waals surface area contributed by atoms with E-state index >= 15 is 0 Å². The van der Waals surface area contributed by atoms with Gasteiger partial charge >= 0.3 is 6.09 Å².